The number of ether oxygens (including phenoxy) is 8. The predicted octanol–water partition coefficient (Wildman–Crippen LogP) is 8.38. The molecule has 10 heterocycles. The molecule has 37 heteroatoms. The summed E-state index contributed by atoms with van der Waals surface area (Å²) in [6, 6.07) is 4.41. The number of nitrogens with one attached hydrogen (secondary N) is 1. The molecule has 16 atom stereocenters. The van der Waals surface area contributed by atoms with E-state index in [0.717, 1.165) is 41.7 Å². The van der Waals surface area contributed by atoms with Gasteiger partial charge in [-0.05, 0) is 138 Å². The van der Waals surface area contributed by atoms with Crippen molar-refractivity contribution in [2.24, 2.45) is 40.7 Å². The molecule has 0 radical (unpaired) electrons. The molecule has 132 heavy (non-hydrogen) atoms. The number of Topliss-reactive ketones (excluding diaryl/α,β-unsaturated/α-hetero) is 2. The Bertz CT molecular complexity index is 5000. The summed E-state index contributed by atoms with van der Waals surface area (Å²) in [7, 11) is 4.62. The van der Waals surface area contributed by atoms with Crippen LogP contribution in [0.2, 0.25) is 0 Å². The lowest BCUT2D eigenvalue weighted by Gasteiger charge is -2.43. The van der Waals surface area contributed by atoms with E-state index in [-0.39, 0.29) is 98.9 Å². The zero-order valence-electron chi connectivity index (χ0n) is 77.9. The number of allylic oxidation sites excluding steroid dienone is 5. The normalized spacial score (nSPS) is 28.0. The number of nitrogens with two attached hydrogens (primary N) is 2. The van der Waals surface area contributed by atoms with Crippen molar-refractivity contribution in [1.29, 1.82) is 0 Å². The second kappa shape index (κ2) is 48.6. The first kappa shape index (κ1) is 101. The highest BCUT2D eigenvalue weighted by atomic mass is 16.6. The van der Waals surface area contributed by atoms with Crippen LogP contribution in [0.15, 0.2) is 100 Å². The zero-order valence-corrected chi connectivity index (χ0v) is 77.9. The molecule has 720 valence electrons. The fourth-order valence-electron chi connectivity index (χ4n) is 18.5. The van der Waals surface area contributed by atoms with Gasteiger partial charge in [-0.15, -0.1) is 0 Å². The third-order valence-electron chi connectivity index (χ3n) is 26.4. The molecule has 1 saturated carbocycles. The number of benzene rings is 1. The Morgan fingerprint density at radius 2 is 1.48 bits per heavy atom. The van der Waals surface area contributed by atoms with Crippen LogP contribution in [0.3, 0.4) is 0 Å². The van der Waals surface area contributed by atoms with Crippen molar-refractivity contribution >= 4 is 86.8 Å². The maximum atomic E-state index is 14.8. The summed E-state index contributed by atoms with van der Waals surface area (Å²) in [6.45, 7) is 18.4. The fraction of sp³-hybridized carbons (Fsp3) is 0.632. The smallest absolute Gasteiger partial charge is 0.329 e. The number of hydrogen-bond donors (Lipinski definition) is 7. The first-order chi connectivity index (χ1) is 63.6. The molecule has 0 spiro atoms. The van der Waals surface area contributed by atoms with E-state index in [9.17, 15) is 49.2 Å². The number of oxime groups is 1. The summed E-state index contributed by atoms with van der Waals surface area (Å²) in [5.41, 5.74) is 18.9. The summed E-state index contributed by atoms with van der Waals surface area (Å²) in [5.74, 6) is -6.58. The second-order valence-electron chi connectivity index (χ2n) is 36.1. The average Bonchev–Trinajstić information content (AvgIpc) is 1.67. The van der Waals surface area contributed by atoms with Crippen molar-refractivity contribution in [2.45, 2.75) is 238 Å². The fourth-order valence-corrected chi connectivity index (χ4v) is 18.5. The van der Waals surface area contributed by atoms with Crippen molar-refractivity contribution in [2.75, 3.05) is 135 Å². The van der Waals surface area contributed by atoms with Crippen LogP contribution in [0.25, 0.3) is 33.4 Å². The number of aromatic nitrogens is 9. The van der Waals surface area contributed by atoms with Gasteiger partial charge in [-0.1, -0.05) is 82.7 Å². The van der Waals surface area contributed by atoms with E-state index < -0.39 is 90.7 Å². The lowest BCUT2D eigenvalue weighted by atomic mass is 9.78. The van der Waals surface area contributed by atoms with Crippen molar-refractivity contribution in [3.63, 3.8) is 0 Å². The number of oxazole rings is 1. The van der Waals surface area contributed by atoms with Crippen LogP contribution in [0.5, 0.6) is 0 Å². The van der Waals surface area contributed by atoms with Gasteiger partial charge in [-0.3, -0.25) is 24.0 Å². The molecule has 37 nitrogen and oxygen atoms in total. The van der Waals surface area contributed by atoms with Gasteiger partial charge in [0.2, 0.25) is 17.7 Å². The number of nitrogen functional groups attached to an aromatic ring is 2. The molecule has 3 amide bonds. The van der Waals surface area contributed by atoms with Gasteiger partial charge in [0.25, 0.3) is 29.5 Å². The molecule has 2 bridgehead atoms. The van der Waals surface area contributed by atoms with Crippen molar-refractivity contribution in [3.05, 3.63) is 108 Å². The molecule has 5 aliphatic heterocycles. The molecule has 9 N–H and O–H groups in total. The number of piperidine rings is 1. The van der Waals surface area contributed by atoms with Crippen LogP contribution in [0.1, 0.15) is 179 Å². The number of esters is 1. The molecule has 6 aromatic rings. The van der Waals surface area contributed by atoms with Gasteiger partial charge in [0.15, 0.2) is 17.8 Å². The monoisotopic (exact) mass is 1830 g/mol. The molecule has 4 fully saturated rings. The lowest BCUT2D eigenvalue weighted by Crippen LogP contribution is -2.61. The SMILES string of the molecule is CO[C@H]1C[C@@H]2CC[C@@H](C)[C@@](O)(O2)C(=O)C(=O)N2CCCC[C@H]2C(=O)O[C@H]([C@H](C)C[C@@H]2CC[C@@H](O)[C@H](OC)C2)C[C@@H](O)[C@H](C)/C=C(\C)[C@@H](O)[C@@H](OC)C(=NOCC(=O)N2CCc3nc(N4CCN(c5ncc(C(=O)NCCOCCOCCOCCC(=O)CCCCCn6nc(-c7ccc8oc(N)nc8c7)c7c(N)ncnc76)cn5)CC4)ncc3C2)[C@H](C)C[C@H](C)/C=C/C=C/C=C/1C. The maximum absolute atomic E-state index is 14.8. The van der Waals surface area contributed by atoms with Crippen LogP contribution in [0, 0.1) is 35.5 Å². The summed E-state index contributed by atoms with van der Waals surface area (Å²) >= 11 is 0. The topological polar surface area (TPSA) is 477 Å². The third kappa shape index (κ3) is 26.7. The summed E-state index contributed by atoms with van der Waals surface area (Å²) in [5, 5.41) is 60.6. The number of aliphatic hydroxyl groups excluding tert-OH is 3. The van der Waals surface area contributed by atoms with Gasteiger partial charge in [-0.2, -0.15) is 10.1 Å². The van der Waals surface area contributed by atoms with Crippen LogP contribution < -0.4 is 26.6 Å². The number of carbonyl (C=O) groups excluding carboxylic acids is 6. The number of hydrogen-bond acceptors (Lipinski definition) is 33. The van der Waals surface area contributed by atoms with Crippen LogP contribution in [-0.2, 0) is 86.2 Å². The number of carbonyl (C=O) groups is 6. The van der Waals surface area contributed by atoms with Crippen molar-refractivity contribution in [3.8, 4) is 11.3 Å². The van der Waals surface area contributed by atoms with Gasteiger partial charge in [0.05, 0.1) is 92.5 Å². The maximum Gasteiger partial charge on any atom is 0.329 e. The van der Waals surface area contributed by atoms with E-state index in [1.165, 1.54) is 30.7 Å². The van der Waals surface area contributed by atoms with E-state index in [1.807, 2.05) is 72.9 Å². The van der Waals surface area contributed by atoms with Gasteiger partial charge in [0.1, 0.15) is 53.5 Å². The highest BCUT2D eigenvalue weighted by molar-refractivity contribution is 6.39. The number of rotatable bonds is 31. The molecular weight excluding hydrogens is 1700 g/mol. The average molecular weight is 1840 g/mol. The number of ketones is 2. The summed E-state index contributed by atoms with van der Waals surface area (Å²) in [6.07, 6.45) is 20.0. The van der Waals surface area contributed by atoms with E-state index in [0.29, 0.717) is 212 Å². The molecular formula is C95H135N17O20. The number of piperazine rings is 1. The lowest BCUT2D eigenvalue weighted by molar-refractivity contribution is -0.265. The number of anilines is 4. The first-order valence-corrected chi connectivity index (χ1v) is 46.7. The van der Waals surface area contributed by atoms with Gasteiger partial charge < -0.3 is 104 Å². The number of methoxy groups -OCH3 is 3. The van der Waals surface area contributed by atoms with E-state index in [2.05, 4.69) is 47.2 Å². The van der Waals surface area contributed by atoms with E-state index in [4.69, 9.17) is 73.7 Å². The Morgan fingerprint density at radius 3 is 2.23 bits per heavy atom. The number of aryl methyl sites for hydroxylation is 1. The molecule has 1 aromatic carbocycles. The van der Waals surface area contributed by atoms with E-state index >= 15 is 0 Å². The Hall–Kier alpha value is -10.2. The summed E-state index contributed by atoms with van der Waals surface area (Å²) < 4.78 is 54.7. The largest absolute Gasteiger partial charge is 0.460 e. The van der Waals surface area contributed by atoms with Crippen LogP contribution >= 0.6 is 0 Å². The summed E-state index contributed by atoms with van der Waals surface area (Å²) in [4.78, 5) is 128. The van der Waals surface area contributed by atoms with E-state index in [1.54, 1.807) is 58.2 Å². The molecule has 6 aliphatic rings. The van der Waals surface area contributed by atoms with Gasteiger partial charge in [-0.25, -0.2) is 39.4 Å². The quantitative estimate of drug-likeness (QED) is 0.00706. The molecule has 5 aromatic heterocycles. The zero-order chi connectivity index (χ0) is 94.1. The Labute approximate surface area is 771 Å². The first-order valence-electron chi connectivity index (χ1n) is 46.7. The number of aliphatic hydroxyl groups is 4. The highest BCUT2D eigenvalue weighted by Gasteiger charge is 2.53. The van der Waals surface area contributed by atoms with Crippen molar-refractivity contribution in [1.82, 2.24) is 59.8 Å². The molecule has 1 aliphatic carbocycles. The minimum absolute atomic E-state index is 0.0368. The molecule has 0 unspecified atom stereocenters. The Balaban J connectivity index is 0.582. The third-order valence-corrected chi connectivity index (χ3v) is 26.4. The van der Waals surface area contributed by atoms with Crippen LogP contribution in [-0.4, -0.2) is 290 Å². The van der Waals surface area contributed by atoms with Gasteiger partial charge >= 0.3 is 5.97 Å². The molecule has 12 rings (SSSR count). The number of nitrogens with zero attached hydrogens (tertiary/aromatic N) is 14. The Morgan fingerprint density at radius 1 is 0.742 bits per heavy atom. The highest BCUT2D eigenvalue weighted by Crippen LogP contribution is 2.40. The minimum atomic E-state index is -2.47. The standard InChI is InChI=1S/C95H135N17O20/c1-58-19-13-11-14-20-59(2)77(123-8)50-70-26-23-64(7)95(122,132-70)86(118)90(120)111-32-18-16-22-73(111)91(121)130-78(61(4)47-65-24-27-74(114)79(48-65)124-9)51-75(115)60(3)46-63(6)84(117)85(125-10)82(62(5)45-58)107-129-56-80(116)110-34-29-71-68(55-110)54-101-94(105-71)109-37-35-108(36-38-109)93-99-52-67(53-100-93)89(119)98-31-40-127-42-44-128-43-41-126-39-30-69(113)21-15-12-17-33-112-88-81(87(96)102-57-103-88)83(106-112)66-25-28-76-72(49-66)104-92(97)131-76/h11,13-14,19-20,25,28,46,49,52-54,57-58,60-62,64-65,70,73-75,77-79,84-85,114-115,117,122H,12,15-18,21-24,26-27,29-45,47-48,50-51,55-56H2,1-10H3,(H2,97,104)(H,98,119)(H2,96,102,103)/b14-11+,19-13+,59-20+,63-46+,107-82?/t58-,60-,61-,62-,64-,65+,70+,73+,74-,75-,77+,78+,79-,84-,85+,95-/m1/s1. The second-order valence-corrected chi connectivity index (χ2v) is 36.1. The minimum Gasteiger partial charge on any atom is -0.460 e. The molecule has 3 saturated heterocycles. The number of unbranched alkanes of at least 4 members (excludes halogenated alkanes) is 2. The Kier molecular flexibility index (Phi) is 37.1. The number of cyclic esters (lactones) is 1. The van der Waals surface area contributed by atoms with Gasteiger partial charge in [0, 0.05) is 160 Å². The predicted molar refractivity (Wildman–Crippen MR) is 492 cm³/mol. The van der Waals surface area contributed by atoms with Crippen molar-refractivity contribution < 1.29 is 96.3 Å². The number of amides is 3. The number of fused-ring (bicyclic) bond motifs is 6. The van der Waals surface area contributed by atoms with Crippen LogP contribution in [0.4, 0.5) is 23.7 Å².